The molecule has 0 aromatic heterocycles. The van der Waals surface area contributed by atoms with Gasteiger partial charge in [-0.3, -0.25) is 0 Å². The van der Waals surface area contributed by atoms with Crippen LogP contribution in [0, 0.1) is 11.7 Å². The lowest BCUT2D eigenvalue weighted by Crippen LogP contribution is -1.99. The van der Waals surface area contributed by atoms with Gasteiger partial charge in [0.05, 0.1) is 11.6 Å². The minimum atomic E-state index is -0.432. The van der Waals surface area contributed by atoms with E-state index in [1.165, 1.54) is 12.1 Å². The van der Waals surface area contributed by atoms with E-state index in [4.69, 9.17) is 16.3 Å². The molecule has 0 amide bonds. The SMILES string of the molecule is CC(C)CCCOc1ccc(Cl)c(F)c1. The highest BCUT2D eigenvalue weighted by atomic mass is 35.5. The van der Waals surface area contributed by atoms with Crippen LogP contribution in [0.25, 0.3) is 0 Å². The maximum absolute atomic E-state index is 13.0. The molecule has 1 aromatic carbocycles. The quantitative estimate of drug-likeness (QED) is 0.686. The van der Waals surface area contributed by atoms with Crippen LogP contribution in [0.15, 0.2) is 18.2 Å². The smallest absolute Gasteiger partial charge is 0.145 e. The molecular weight excluding hydrogens is 215 g/mol. The third kappa shape index (κ3) is 4.52. The summed E-state index contributed by atoms with van der Waals surface area (Å²) < 4.78 is 18.4. The van der Waals surface area contributed by atoms with Gasteiger partial charge in [0, 0.05) is 6.07 Å². The standard InChI is InChI=1S/C12H16ClFO/c1-9(2)4-3-7-15-10-5-6-11(13)12(14)8-10/h5-6,8-9H,3-4,7H2,1-2H3. The number of ether oxygens (including phenoxy) is 1. The highest BCUT2D eigenvalue weighted by Crippen LogP contribution is 2.20. The third-order valence-electron chi connectivity index (χ3n) is 2.09. The molecule has 1 aromatic rings. The fourth-order valence-electron chi connectivity index (χ4n) is 1.25. The van der Waals surface area contributed by atoms with Gasteiger partial charge in [-0.1, -0.05) is 25.4 Å². The van der Waals surface area contributed by atoms with Crippen LogP contribution in [0.4, 0.5) is 4.39 Å². The number of hydrogen-bond acceptors (Lipinski definition) is 1. The fourth-order valence-corrected chi connectivity index (χ4v) is 1.37. The molecule has 0 spiro atoms. The fraction of sp³-hybridized carbons (Fsp3) is 0.500. The Kier molecular flexibility index (Phi) is 4.89. The van der Waals surface area contributed by atoms with Gasteiger partial charge in [-0.05, 0) is 30.9 Å². The van der Waals surface area contributed by atoms with E-state index in [0.29, 0.717) is 18.3 Å². The molecule has 0 N–H and O–H groups in total. The second-order valence-corrected chi connectivity index (χ2v) is 4.37. The summed E-state index contributed by atoms with van der Waals surface area (Å²) in [7, 11) is 0. The van der Waals surface area contributed by atoms with Gasteiger partial charge in [-0.2, -0.15) is 0 Å². The van der Waals surface area contributed by atoms with Gasteiger partial charge in [0.1, 0.15) is 11.6 Å². The van der Waals surface area contributed by atoms with Gasteiger partial charge in [-0.15, -0.1) is 0 Å². The van der Waals surface area contributed by atoms with E-state index in [1.807, 2.05) is 0 Å². The largest absolute Gasteiger partial charge is 0.493 e. The van der Waals surface area contributed by atoms with Crippen molar-refractivity contribution in [1.82, 2.24) is 0 Å². The first kappa shape index (κ1) is 12.3. The molecule has 0 heterocycles. The highest BCUT2D eigenvalue weighted by molar-refractivity contribution is 6.30. The first-order chi connectivity index (χ1) is 7.09. The number of benzene rings is 1. The van der Waals surface area contributed by atoms with Crippen LogP contribution in [0.1, 0.15) is 26.7 Å². The zero-order valence-electron chi connectivity index (χ0n) is 9.09. The Morgan fingerprint density at radius 3 is 2.73 bits per heavy atom. The summed E-state index contributed by atoms with van der Waals surface area (Å²) in [5, 5.41) is 0.129. The van der Waals surface area contributed by atoms with Gasteiger partial charge in [0.2, 0.25) is 0 Å². The van der Waals surface area contributed by atoms with Crippen molar-refractivity contribution in [2.75, 3.05) is 6.61 Å². The van der Waals surface area contributed by atoms with E-state index in [-0.39, 0.29) is 5.02 Å². The zero-order valence-corrected chi connectivity index (χ0v) is 9.85. The Morgan fingerprint density at radius 1 is 1.40 bits per heavy atom. The van der Waals surface area contributed by atoms with Crippen molar-refractivity contribution < 1.29 is 9.13 Å². The Balaban J connectivity index is 2.35. The summed E-state index contributed by atoms with van der Waals surface area (Å²) in [5.74, 6) is 0.786. The zero-order chi connectivity index (χ0) is 11.3. The summed E-state index contributed by atoms with van der Waals surface area (Å²) in [6, 6.07) is 4.51. The number of rotatable bonds is 5. The van der Waals surface area contributed by atoms with Crippen LogP contribution in [0.3, 0.4) is 0 Å². The molecule has 0 aliphatic carbocycles. The van der Waals surface area contributed by atoms with Crippen LogP contribution in [-0.4, -0.2) is 6.61 Å². The predicted molar refractivity (Wildman–Crippen MR) is 61.0 cm³/mol. The maximum atomic E-state index is 13.0. The highest BCUT2D eigenvalue weighted by Gasteiger charge is 2.01. The second-order valence-electron chi connectivity index (χ2n) is 3.96. The van der Waals surface area contributed by atoms with Crippen LogP contribution >= 0.6 is 11.6 Å². The lowest BCUT2D eigenvalue weighted by Gasteiger charge is -2.07. The molecule has 3 heteroatoms. The number of halogens is 2. The molecule has 0 fully saturated rings. The van der Waals surface area contributed by atoms with Gasteiger partial charge in [-0.25, -0.2) is 4.39 Å². The molecule has 0 saturated carbocycles. The van der Waals surface area contributed by atoms with Gasteiger partial charge in [0.15, 0.2) is 0 Å². The topological polar surface area (TPSA) is 9.23 Å². The average Bonchev–Trinajstić information content (AvgIpc) is 2.18. The summed E-state index contributed by atoms with van der Waals surface area (Å²) in [4.78, 5) is 0. The lowest BCUT2D eigenvalue weighted by molar-refractivity contribution is 0.296. The minimum absolute atomic E-state index is 0.129. The van der Waals surface area contributed by atoms with E-state index in [9.17, 15) is 4.39 Å². The molecule has 0 bridgehead atoms. The molecule has 0 atom stereocenters. The Bertz CT molecular complexity index is 312. The first-order valence-corrected chi connectivity index (χ1v) is 5.55. The third-order valence-corrected chi connectivity index (χ3v) is 2.39. The second kappa shape index (κ2) is 5.96. The molecule has 1 nitrogen and oxygen atoms in total. The first-order valence-electron chi connectivity index (χ1n) is 5.17. The molecular formula is C12H16ClFO. The number of hydrogen-bond donors (Lipinski definition) is 0. The van der Waals surface area contributed by atoms with Crippen LogP contribution in [0.5, 0.6) is 5.75 Å². The van der Waals surface area contributed by atoms with E-state index in [0.717, 1.165) is 12.8 Å². The summed E-state index contributed by atoms with van der Waals surface area (Å²) in [6.45, 7) is 4.96. The Hall–Kier alpha value is -0.760. The van der Waals surface area contributed by atoms with Crippen molar-refractivity contribution in [2.45, 2.75) is 26.7 Å². The van der Waals surface area contributed by atoms with Crippen LogP contribution in [-0.2, 0) is 0 Å². The lowest BCUT2D eigenvalue weighted by atomic mass is 10.1. The summed E-state index contributed by atoms with van der Waals surface area (Å²) >= 11 is 5.55. The minimum Gasteiger partial charge on any atom is -0.493 e. The van der Waals surface area contributed by atoms with Gasteiger partial charge in [0.25, 0.3) is 0 Å². The average molecular weight is 231 g/mol. The van der Waals surface area contributed by atoms with Crippen molar-refractivity contribution >= 4 is 11.6 Å². The van der Waals surface area contributed by atoms with Crippen LogP contribution < -0.4 is 4.74 Å². The van der Waals surface area contributed by atoms with Crippen LogP contribution in [0.2, 0.25) is 5.02 Å². The van der Waals surface area contributed by atoms with E-state index in [1.54, 1.807) is 6.07 Å². The summed E-state index contributed by atoms with van der Waals surface area (Å²) in [5.41, 5.74) is 0. The summed E-state index contributed by atoms with van der Waals surface area (Å²) in [6.07, 6.45) is 2.11. The maximum Gasteiger partial charge on any atom is 0.145 e. The molecule has 0 saturated heterocycles. The molecule has 0 aliphatic rings. The van der Waals surface area contributed by atoms with Crippen molar-refractivity contribution in [2.24, 2.45) is 5.92 Å². The Labute approximate surface area is 95.2 Å². The normalized spacial score (nSPS) is 10.7. The molecule has 15 heavy (non-hydrogen) atoms. The van der Waals surface area contributed by atoms with Gasteiger partial charge >= 0.3 is 0 Å². The van der Waals surface area contributed by atoms with E-state index < -0.39 is 5.82 Å². The molecule has 84 valence electrons. The molecule has 1 rings (SSSR count). The van der Waals surface area contributed by atoms with Crippen molar-refractivity contribution in [1.29, 1.82) is 0 Å². The monoisotopic (exact) mass is 230 g/mol. The molecule has 0 aliphatic heterocycles. The molecule has 0 unspecified atom stereocenters. The van der Waals surface area contributed by atoms with Gasteiger partial charge < -0.3 is 4.74 Å². The van der Waals surface area contributed by atoms with E-state index >= 15 is 0 Å². The van der Waals surface area contributed by atoms with Crippen molar-refractivity contribution in [3.8, 4) is 5.75 Å². The van der Waals surface area contributed by atoms with E-state index in [2.05, 4.69) is 13.8 Å². The van der Waals surface area contributed by atoms with Crippen molar-refractivity contribution in [3.05, 3.63) is 29.0 Å². The predicted octanol–water partition coefficient (Wildman–Crippen LogP) is 4.29. The molecule has 0 radical (unpaired) electrons. The van der Waals surface area contributed by atoms with Crippen molar-refractivity contribution in [3.63, 3.8) is 0 Å². The Morgan fingerprint density at radius 2 is 2.13 bits per heavy atom.